The molecular formula is C20H30O2. The van der Waals surface area contributed by atoms with Gasteiger partial charge < -0.3 is 5.11 Å². The third-order valence-corrected chi connectivity index (χ3v) is 7.10. The van der Waals surface area contributed by atoms with Crippen molar-refractivity contribution in [1.82, 2.24) is 0 Å². The fraction of sp³-hybridized carbons (Fsp3) is 0.750. The molecule has 2 fully saturated rings. The minimum Gasteiger partial charge on any atom is -0.396 e. The fourth-order valence-electron chi connectivity index (χ4n) is 5.90. The molecule has 3 aliphatic rings. The first kappa shape index (κ1) is 16.0. The van der Waals surface area contributed by atoms with Crippen LogP contribution in [0.4, 0.5) is 0 Å². The van der Waals surface area contributed by atoms with Crippen LogP contribution >= 0.6 is 0 Å². The summed E-state index contributed by atoms with van der Waals surface area (Å²) in [6, 6.07) is 0. The molecule has 5 atom stereocenters. The minimum atomic E-state index is -0.227. The van der Waals surface area contributed by atoms with Crippen LogP contribution in [0.3, 0.4) is 0 Å². The summed E-state index contributed by atoms with van der Waals surface area (Å²) < 4.78 is 0. The van der Waals surface area contributed by atoms with Crippen molar-refractivity contribution >= 4 is 5.78 Å². The van der Waals surface area contributed by atoms with E-state index in [4.69, 9.17) is 0 Å². The highest BCUT2D eigenvalue weighted by molar-refractivity contribution is 5.81. The Morgan fingerprint density at radius 1 is 1.32 bits per heavy atom. The molecule has 0 saturated heterocycles. The highest BCUT2D eigenvalue weighted by atomic mass is 16.3. The number of allylic oxidation sites excluding steroid dienone is 3. The molecule has 3 rings (SSSR count). The molecule has 0 unspecified atom stereocenters. The van der Waals surface area contributed by atoms with E-state index < -0.39 is 0 Å². The molecular weight excluding hydrogens is 272 g/mol. The molecule has 2 nitrogen and oxygen atoms in total. The van der Waals surface area contributed by atoms with Crippen molar-refractivity contribution in [2.45, 2.75) is 59.3 Å². The average Bonchev–Trinajstić information content (AvgIpc) is 2.45. The zero-order chi connectivity index (χ0) is 16.2. The number of carbonyl (C=O) groups excluding carboxylic acids is 1. The van der Waals surface area contributed by atoms with E-state index in [-0.39, 0.29) is 22.9 Å². The standard InChI is InChI=1S/C20H30O2/c1-5-18(2)9-8-16-14(10-18)6-7-17-19(3,13-21)11-15(22)12-20(16,17)4/h5,10,16-17,21H,1,6-9,11-13H2,2-4H3/t16-,17-,18-,19-,20+/m1/s1. The van der Waals surface area contributed by atoms with Crippen LogP contribution in [0.1, 0.15) is 59.3 Å². The third kappa shape index (κ3) is 2.22. The van der Waals surface area contributed by atoms with Crippen molar-refractivity contribution in [3.8, 4) is 0 Å². The molecule has 0 radical (unpaired) electrons. The Hall–Kier alpha value is -0.890. The van der Waals surface area contributed by atoms with E-state index in [0.29, 0.717) is 30.5 Å². The summed E-state index contributed by atoms with van der Waals surface area (Å²) in [7, 11) is 0. The van der Waals surface area contributed by atoms with Crippen molar-refractivity contribution in [1.29, 1.82) is 0 Å². The van der Waals surface area contributed by atoms with Gasteiger partial charge in [0.25, 0.3) is 0 Å². The molecule has 1 N–H and O–H groups in total. The Kier molecular flexibility index (Phi) is 3.67. The largest absolute Gasteiger partial charge is 0.396 e. The Morgan fingerprint density at radius 2 is 2.05 bits per heavy atom. The van der Waals surface area contributed by atoms with Gasteiger partial charge in [0.05, 0.1) is 0 Å². The molecule has 0 heterocycles. The van der Waals surface area contributed by atoms with Crippen LogP contribution in [0.25, 0.3) is 0 Å². The SMILES string of the molecule is C=C[C@@]1(C)C=C2CC[C@@H]3[C@@](C)(CO)CC(=O)C[C@@]3(C)[C@@H]2CC1. The van der Waals surface area contributed by atoms with Gasteiger partial charge >= 0.3 is 0 Å². The van der Waals surface area contributed by atoms with Gasteiger partial charge in [-0.25, -0.2) is 0 Å². The molecule has 0 bridgehead atoms. The van der Waals surface area contributed by atoms with E-state index in [1.807, 2.05) is 0 Å². The van der Waals surface area contributed by atoms with Crippen LogP contribution in [-0.4, -0.2) is 17.5 Å². The monoisotopic (exact) mass is 302 g/mol. The summed E-state index contributed by atoms with van der Waals surface area (Å²) in [6.07, 6.45) is 10.3. The molecule has 0 aliphatic heterocycles. The number of ketones is 1. The Labute approximate surface area is 134 Å². The number of aliphatic hydroxyl groups is 1. The predicted octanol–water partition coefficient (Wildman–Crippen LogP) is 4.29. The van der Waals surface area contributed by atoms with Crippen LogP contribution in [-0.2, 0) is 4.79 Å². The normalized spacial score (nSPS) is 48.2. The second kappa shape index (κ2) is 5.06. The summed E-state index contributed by atoms with van der Waals surface area (Å²) in [5.74, 6) is 1.31. The van der Waals surface area contributed by atoms with Gasteiger partial charge in [-0.2, -0.15) is 0 Å². The zero-order valence-electron chi connectivity index (χ0n) is 14.3. The van der Waals surface area contributed by atoms with Crippen LogP contribution in [0.5, 0.6) is 0 Å². The van der Waals surface area contributed by atoms with Crippen molar-refractivity contribution in [3.63, 3.8) is 0 Å². The molecule has 0 amide bonds. The summed E-state index contributed by atoms with van der Waals surface area (Å²) in [6.45, 7) is 10.8. The molecule has 0 spiro atoms. The lowest BCUT2D eigenvalue weighted by Gasteiger charge is -2.59. The lowest BCUT2D eigenvalue weighted by Crippen LogP contribution is -2.55. The molecule has 122 valence electrons. The van der Waals surface area contributed by atoms with E-state index in [9.17, 15) is 9.90 Å². The first-order valence-corrected chi connectivity index (χ1v) is 8.74. The first-order chi connectivity index (χ1) is 10.3. The summed E-state index contributed by atoms with van der Waals surface area (Å²) in [4.78, 5) is 12.4. The minimum absolute atomic E-state index is 0.0272. The quantitative estimate of drug-likeness (QED) is 0.772. The maximum Gasteiger partial charge on any atom is 0.134 e. The van der Waals surface area contributed by atoms with Crippen LogP contribution in [0, 0.1) is 28.1 Å². The topological polar surface area (TPSA) is 37.3 Å². The second-order valence-electron chi connectivity index (χ2n) is 8.82. The van der Waals surface area contributed by atoms with Gasteiger partial charge in [0.1, 0.15) is 5.78 Å². The highest BCUT2D eigenvalue weighted by Gasteiger charge is 2.57. The van der Waals surface area contributed by atoms with Crippen LogP contribution in [0.2, 0.25) is 0 Å². The van der Waals surface area contributed by atoms with Gasteiger partial charge in [-0.05, 0) is 42.9 Å². The first-order valence-electron chi connectivity index (χ1n) is 8.74. The average molecular weight is 302 g/mol. The molecule has 3 aliphatic carbocycles. The van der Waals surface area contributed by atoms with Gasteiger partial charge in [0.2, 0.25) is 0 Å². The van der Waals surface area contributed by atoms with Crippen molar-refractivity contribution < 1.29 is 9.90 Å². The Balaban J connectivity index is 2.01. The lowest BCUT2D eigenvalue weighted by molar-refractivity contribution is -0.144. The maximum absolute atomic E-state index is 12.4. The van der Waals surface area contributed by atoms with Gasteiger partial charge in [0.15, 0.2) is 0 Å². The van der Waals surface area contributed by atoms with E-state index >= 15 is 0 Å². The number of aliphatic hydroxyl groups excluding tert-OH is 1. The molecule has 0 aromatic carbocycles. The Morgan fingerprint density at radius 3 is 2.68 bits per heavy atom. The van der Waals surface area contributed by atoms with Crippen LogP contribution in [0.15, 0.2) is 24.3 Å². The smallest absolute Gasteiger partial charge is 0.134 e. The molecule has 2 heteroatoms. The number of rotatable bonds is 2. The summed E-state index contributed by atoms with van der Waals surface area (Å²) in [5, 5.41) is 9.96. The van der Waals surface area contributed by atoms with E-state index in [2.05, 4.69) is 39.5 Å². The number of Topliss-reactive ketones (excluding diaryl/α,β-unsaturated/α-hetero) is 1. The van der Waals surface area contributed by atoms with Crippen molar-refractivity contribution in [2.75, 3.05) is 6.61 Å². The zero-order valence-corrected chi connectivity index (χ0v) is 14.3. The molecule has 0 aromatic rings. The Bertz CT molecular complexity index is 534. The second-order valence-corrected chi connectivity index (χ2v) is 8.82. The van der Waals surface area contributed by atoms with Crippen molar-refractivity contribution in [2.24, 2.45) is 28.1 Å². The van der Waals surface area contributed by atoms with Crippen LogP contribution < -0.4 is 0 Å². The summed E-state index contributed by atoms with van der Waals surface area (Å²) in [5.41, 5.74) is 1.46. The number of hydrogen-bond donors (Lipinski definition) is 1. The lowest BCUT2D eigenvalue weighted by atomic mass is 9.45. The maximum atomic E-state index is 12.4. The predicted molar refractivity (Wildman–Crippen MR) is 89.4 cm³/mol. The van der Waals surface area contributed by atoms with Crippen molar-refractivity contribution in [3.05, 3.63) is 24.3 Å². The number of carbonyl (C=O) groups is 1. The van der Waals surface area contributed by atoms with E-state index in [0.717, 1.165) is 25.7 Å². The number of hydrogen-bond acceptors (Lipinski definition) is 2. The molecule has 2 saturated carbocycles. The molecule has 22 heavy (non-hydrogen) atoms. The van der Waals surface area contributed by atoms with E-state index in [1.165, 1.54) is 0 Å². The van der Waals surface area contributed by atoms with Gasteiger partial charge in [-0.15, -0.1) is 6.58 Å². The fourth-order valence-corrected chi connectivity index (χ4v) is 5.90. The summed E-state index contributed by atoms with van der Waals surface area (Å²) >= 11 is 0. The number of fused-ring (bicyclic) bond motifs is 3. The van der Waals surface area contributed by atoms with Gasteiger partial charge in [-0.3, -0.25) is 4.79 Å². The van der Waals surface area contributed by atoms with E-state index in [1.54, 1.807) is 5.57 Å². The molecule has 0 aromatic heterocycles. The van der Waals surface area contributed by atoms with Gasteiger partial charge in [-0.1, -0.05) is 38.5 Å². The highest BCUT2D eigenvalue weighted by Crippen LogP contribution is 2.63. The third-order valence-electron chi connectivity index (χ3n) is 7.10. The van der Waals surface area contributed by atoms with Gasteiger partial charge in [0, 0.05) is 30.3 Å².